The number of esters is 1. The number of benzene rings is 1. The lowest BCUT2D eigenvalue weighted by atomic mass is 10.1. The summed E-state index contributed by atoms with van der Waals surface area (Å²) >= 11 is 0. The highest BCUT2D eigenvalue weighted by Crippen LogP contribution is 2.14. The van der Waals surface area contributed by atoms with Crippen LogP contribution in [0.4, 0.5) is 0 Å². The molecule has 1 aromatic rings. The molecular weight excluding hydrogens is 190 g/mol. The summed E-state index contributed by atoms with van der Waals surface area (Å²) in [5.74, 6) is -0.130. The number of carbonyl (C=O) groups excluding carboxylic acids is 1. The van der Waals surface area contributed by atoms with Gasteiger partial charge in [-0.1, -0.05) is 37.3 Å². The van der Waals surface area contributed by atoms with E-state index in [9.17, 15) is 4.79 Å². The summed E-state index contributed by atoms with van der Waals surface area (Å²) in [6, 6.07) is 10.3. The van der Waals surface area contributed by atoms with Crippen LogP contribution < -0.4 is 5.32 Å². The first-order valence-electron chi connectivity index (χ1n) is 5.21. The van der Waals surface area contributed by atoms with Gasteiger partial charge in [0.15, 0.2) is 0 Å². The average Bonchev–Trinajstić information content (AvgIpc) is 2.59. The number of hydrogen-bond acceptors (Lipinski definition) is 3. The molecule has 15 heavy (non-hydrogen) atoms. The Morgan fingerprint density at radius 1 is 1.40 bits per heavy atom. The third kappa shape index (κ3) is 2.36. The number of hydrogen-bond donors (Lipinski definition) is 1. The van der Waals surface area contributed by atoms with Crippen molar-refractivity contribution >= 4 is 5.97 Å². The summed E-state index contributed by atoms with van der Waals surface area (Å²) in [4.78, 5) is 11.1. The van der Waals surface area contributed by atoms with Gasteiger partial charge in [-0.3, -0.25) is 4.79 Å². The molecule has 1 aliphatic rings. The predicted octanol–water partition coefficient (Wildman–Crippen LogP) is 1.34. The smallest absolute Gasteiger partial charge is 0.310 e. The minimum atomic E-state index is -0.0967. The molecule has 3 heteroatoms. The summed E-state index contributed by atoms with van der Waals surface area (Å²) in [5.41, 5.74) is 1.23. The Morgan fingerprint density at radius 2 is 2.13 bits per heavy atom. The summed E-state index contributed by atoms with van der Waals surface area (Å²) in [6.45, 7) is 3.18. The van der Waals surface area contributed by atoms with Crippen LogP contribution in [-0.2, 0) is 16.1 Å². The van der Waals surface area contributed by atoms with Crippen molar-refractivity contribution in [1.82, 2.24) is 5.32 Å². The Hall–Kier alpha value is -1.35. The first kappa shape index (κ1) is 10.2. The third-order valence-corrected chi connectivity index (χ3v) is 2.79. The maximum atomic E-state index is 11.1. The highest BCUT2D eigenvalue weighted by molar-refractivity contribution is 5.74. The molecule has 2 rings (SSSR count). The van der Waals surface area contributed by atoms with E-state index in [2.05, 4.69) is 17.4 Å². The number of rotatable bonds is 3. The lowest BCUT2D eigenvalue weighted by Gasteiger charge is -2.12. The molecule has 0 bridgehead atoms. The second-order valence-electron chi connectivity index (χ2n) is 3.89. The Kier molecular flexibility index (Phi) is 3.02. The van der Waals surface area contributed by atoms with Crippen molar-refractivity contribution < 1.29 is 9.53 Å². The van der Waals surface area contributed by atoms with E-state index in [0.29, 0.717) is 6.61 Å². The second kappa shape index (κ2) is 4.45. The van der Waals surface area contributed by atoms with Crippen LogP contribution in [0.5, 0.6) is 0 Å². The second-order valence-corrected chi connectivity index (χ2v) is 3.89. The quantitative estimate of drug-likeness (QED) is 0.757. The minimum absolute atomic E-state index is 0.0336. The predicted molar refractivity (Wildman–Crippen MR) is 57.2 cm³/mol. The van der Waals surface area contributed by atoms with Gasteiger partial charge in [0.1, 0.15) is 6.61 Å². The standard InChI is InChI=1S/C12H15NO2/c1-9-11(8-15-12(9)14)13-7-10-5-3-2-4-6-10/h2-6,9,11,13H,7-8H2,1H3/t9-,11+/m1/s1. The first-order valence-corrected chi connectivity index (χ1v) is 5.21. The fourth-order valence-electron chi connectivity index (χ4n) is 1.69. The minimum Gasteiger partial charge on any atom is -0.464 e. The van der Waals surface area contributed by atoms with Gasteiger partial charge in [-0.2, -0.15) is 0 Å². The van der Waals surface area contributed by atoms with Crippen molar-refractivity contribution in [2.75, 3.05) is 6.61 Å². The number of carbonyl (C=O) groups is 1. The number of nitrogens with one attached hydrogen (secondary N) is 1. The van der Waals surface area contributed by atoms with Gasteiger partial charge < -0.3 is 10.1 Å². The van der Waals surface area contributed by atoms with Crippen molar-refractivity contribution in [3.05, 3.63) is 35.9 Å². The van der Waals surface area contributed by atoms with E-state index in [1.165, 1.54) is 5.56 Å². The highest BCUT2D eigenvalue weighted by atomic mass is 16.5. The molecule has 1 aliphatic heterocycles. The van der Waals surface area contributed by atoms with E-state index in [4.69, 9.17) is 4.74 Å². The van der Waals surface area contributed by atoms with E-state index in [-0.39, 0.29) is 17.9 Å². The van der Waals surface area contributed by atoms with Crippen LogP contribution in [0.2, 0.25) is 0 Å². The topological polar surface area (TPSA) is 38.3 Å². The molecule has 1 fully saturated rings. The van der Waals surface area contributed by atoms with E-state index >= 15 is 0 Å². The van der Waals surface area contributed by atoms with Gasteiger partial charge >= 0.3 is 5.97 Å². The Bertz CT molecular complexity index is 337. The average molecular weight is 205 g/mol. The van der Waals surface area contributed by atoms with Gasteiger partial charge in [0, 0.05) is 6.54 Å². The van der Waals surface area contributed by atoms with Gasteiger partial charge in [-0.25, -0.2) is 0 Å². The molecule has 0 saturated carbocycles. The molecular formula is C12H15NO2. The number of cyclic esters (lactones) is 1. The molecule has 2 atom stereocenters. The van der Waals surface area contributed by atoms with Crippen molar-refractivity contribution in [1.29, 1.82) is 0 Å². The lowest BCUT2D eigenvalue weighted by molar-refractivity contribution is -0.140. The fourth-order valence-corrected chi connectivity index (χ4v) is 1.69. The molecule has 0 spiro atoms. The van der Waals surface area contributed by atoms with E-state index < -0.39 is 0 Å². The summed E-state index contributed by atoms with van der Waals surface area (Å²) < 4.78 is 4.96. The molecule has 1 saturated heterocycles. The highest BCUT2D eigenvalue weighted by Gasteiger charge is 2.32. The molecule has 0 unspecified atom stereocenters. The van der Waals surface area contributed by atoms with Crippen molar-refractivity contribution in [2.24, 2.45) is 5.92 Å². The monoisotopic (exact) mass is 205 g/mol. The molecule has 1 aromatic carbocycles. The van der Waals surface area contributed by atoms with Crippen molar-refractivity contribution in [2.45, 2.75) is 19.5 Å². The molecule has 1 N–H and O–H groups in total. The third-order valence-electron chi connectivity index (χ3n) is 2.79. The molecule has 1 heterocycles. The maximum Gasteiger partial charge on any atom is 0.310 e. The Morgan fingerprint density at radius 3 is 2.73 bits per heavy atom. The molecule has 0 aromatic heterocycles. The SMILES string of the molecule is C[C@H]1C(=O)OC[C@@H]1NCc1ccccc1. The van der Waals surface area contributed by atoms with Crippen LogP contribution in [-0.4, -0.2) is 18.6 Å². The molecule has 0 radical (unpaired) electrons. The molecule has 0 amide bonds. The van der Waals surface area contributed by atoms with Crippen LogP contribution in [0.3, 0.4) is 0 Å². The maximum absolute atomic E-state index is 11.1. The van der Waals surface area contributed by atoms with E-state index in [1.54, 1.807) is 0 Å². The molecule has 0 aliphatic carbocycles. The van der Waals surface area contributed by atoms with Crippen LogP contribution in [0.25, 0.3) is 0 Å². The first-order chi connectivity index (χ1) is 7.27. The zero-order valence-corrected chi connectivity index (χ0v) is 8.77. The van der Waals surface area contributed by atoms with E-state index in [0.717, 1.165) is 6.54 Å². The van der Waals surface area contributed by atoms with E-state index in [1.807, 2.05) is 25.1 Å². The van der Waals surface area contributed by atoms with Gasteiger partial charge in [-0.05, 0) is 5.56 Å². The molecule has 80 valence electrons. The van der Waals surface area contributed by atoms with Crippen LogP contribution in [0.15, 0.2) is 30.3 Å². The Labute approximate surface area is 89.4 Å². The van der Waals surface area contributed by atoms with Crippen molar-refractivity contribution in [3.63, 3.8) is 0 Å². The summed E-state index contributed by atoms with van der Waals surface area (Å²) in [6.07, 6.45) is 0. The van der Waals surface area contributed by atoms with Crippen molar-refractivity contribution in [3.8, 4) is 0 Å². The Balaban J connectivity index is 1.87. The summed E-state index contributed by atoms with van der Waals surface area (Å²) in [7, 11) is 0. The van der Waals surface area contributed by atoms with Gasteiger partial charge in [-0.15, -0.1) is 0 Å². The zero-order valence-electron chi connectivity index (χ0n) is 8.77. The molecule has 3 nitrogen and oxygen atoms in total. The largest absolute Gasteiger partial charge is 0.464 e. The normalized spacial score (nSPS) is 25.3. The zero-order chi connectivity index (χ0) is 10.7. The van der Waals surface area contributed by atoms with Gasteiger partial charge in [0.25, 0.3) is 0 Å². The van der Waals surface area contributed by atoms with Crippen LogP contribution in [0.1, 0.15) is 12.5 Å². The van der Waals surface area contributed by atoms with Gasteiger partial charge in [0.05, 0.1) is 12.0 Å². The summed E-state index contributed by atoms with van der Waals surface area (Å²) in [5, 5.41) is 3.33. The van der Waals surface area contributed by atoms with Gasteiger partial charge in [0.2, 0.25) is 0 Å². The number of ether oxygens (including phenoxy) is 1. The lowest BCUT2D eigenvalue weighted by Crippen LogP contribution is -2.34. The fraction of sp³-hybridized carbons (Fsp3) is 0.417. The van der Waals surface area contributed by atoms with Crippen LogP contribution in [0, 0.1) is 5.92 Å². The van der Waals surface area contributed by atoms with Crippen LogP contribution >= 0.6 is 0 Å².